The van der Waals surface area contributed by atoms with Gasteiger partial charge in [0.15, 0.2) is 12.4 Å². The molecule has 3 aromatic heterocycles. The topological polar surface area (TPSA) is 17.2 Å². The van der Waals surface area contributed by atoms with Crippen LogP contribution in [0.25, 0.3) is 16.8 Å². The Balaban J connectivity index is 0.000000963. The van der Waals surface area contributed by atoms with Crippen LogP contribution in [0.5, 0.6) is 0 Å². The van der Waals surface area contributed by atoms with Crippen molar-refractivity contribution in [3.63, 3.8) is 0 Å². The zero-order valence-corrected chi connectivity index (χ0v) is 10.1. The van der Waals surface area contributed by atoms with Crippen molar-refractivity contribution in [3.8, 4) is 11.3 Å². The van der Waals surface area contributed by atoms with Crippen LogP contribution in [0.15, 0.2) is 65.5 Å². The zero-order valence-electron chi connectivity index (χ0n) is 8.51. The van der Waals surface area contributed by atoms with E-state index in [9.17, 15) is 0 Å². The van der Waals surface area contributed by atoms with Gasteiger partial charge in [-0.2, -0.15) is 4.40 Å². The Bertz CT molecular complexity index is 590. The number of hydrogen-bond donors (Lipinski definition) is 0. The Kier molecular flexibility index (Phi) is 3.06. The van der Waals surface area contributed by atoms with Crippen molar-refractivity contribution < 1.29 is 25.8 Å². The number of hydrogen-bond acceptors (Lipinski definition) is 1. The lowest BCUT2D eigenvalue weighted by Crippen LogP contribution is -3.00. The Morgan fingerprint density at radius 2 is 1.88 bits per heavy atom. The molecule has 0 bridgehead atoms. The van der Waals surface area contributed by atoms with E-state index in [-0.39, 0.29) is 17.0 Å². The Morgan fingerprint density at radius 1 is 0.938 bits per heavy atom. The maximum absolute atomic E-state index is 5.36. The molecule has 0 unspecified atom stereocenters. The van der Waals surface area contributed by atoms with Gasteiger partial charge in [0.1, 0.15) is 5.76 Å². The van der Waals surface area contributed by atoms with Gasteiger partial charge >= 0.3 is 0 Å². The van der Waals surface area contributed by atoms with E-state index in [4.69, 9.17) is 4.42 Å². The summed E-state index contributed by atoms with van der Waals surface area (Å²) in [7, 11) is 0. The number of fused-ring (bicyclic) bond motifs is 1. The predicted molar refractivity (Wildman–Crippen MR) is 57.3 cm³/mol. The highest BCUT2D eigenvalue weighted by Crippen LogP contribution is 2.19. The molecule has 0 aliphatic heterocycles. The number of halogens is 1. The minimum atomic E-state index is 0. The summed E-state index contributed by atoms with van der Waals surface area (Å²) in [5.41, 5.74) is 2.26. The van der Waals surface area contributed by atoms with Crippen LogP contribution in [0.2, 0.25) is 0 Å². The maximum Gasteiger partial charge on any atom is 0.211 e. The van der Waals surface area contributed by atoms with E-state index in [2.05, 4.69) is 16.5 Å². The first kappa shape index (κ1) is 10.9. The standard InChI is InChI=1S/C13H10NO.BrH/c1-2-7-14-8-6-11(10-12(14)4-1)13-5-3-9-15-13;/h1-10H;1H/q+1;/p-1. The first-order valence-corrected chi connectivity index (χ1v) is 4.87. The number of rotatable bonds is 1. The van der Waals surface area contributed by atoms with Gasteiger partial charge in [0.2, 0.25) is 5.52 Å². The van der Waals surface area contributed by atoms with Crippen LogP contribution in [0.4, 0.5) is 0 Å². The number of furan rings is 1. The lowest BCUT2D eigenvalue weighted by Gasteiger charge is -1.95. The van der Waals surface area contributed by atoms with E-state index in [0.717, 1.165) is 16.8 Å². The fourth-order valence-corrected chi connectivity index (χ4v) is 1.69. The maximum atomic E-state index is 5.36. The van der Waals surface area contributed by atoms with Crippen LogP contribution in [0, 0.1) is 0 Å². The Morgan fingerprint density at radius 3 is 2.69 bits per heavy atom. The molecule has 0 aliphatic rings. The fourth-order valence-electron chi connectivity index (χ4n) is 1.69. The van der Waals surface area contributed by atoms with E-state index >= 15 is 0 Å². The Hall–Kier alpha value is -1.61. The van der Waals surface area contributed by atoms with E-state index < -0.39 is 0 Å². The lowest BCUT2D eigenvalue weighted by atomic mass is 10.2. The van der Waals surface area contributed by atoms with Crippen molar-refractivity contribution >= 4 is 5.52 Å². The van der Waals surface area contributed by atoms with Crippen LogP contribution in [-0.4, -0.2) is 0 Å². The summed E-state index contributed by atoms with van der Waals surface area (Å²) in [6.07, 6.45) is 5.76. The molecule has 0 aliphatic carbocycles. The van der Waals surface area contributed by atoms with Crippen molar-refractivity contribution in [1.29, 1.82) is 0 Å². The van der Waals surface area contributed by atoms with Crippen molar-refractivity contribution in [2.75, 3.05) is 0 Å². The van der Waals surface area contributed by atoms with Gasteiger partial charge in [-0.3, -0.25) is 0 Å². The van der Waals surface area contributed by atoms with Crippen molar-refractivity contribution in [2.45, 2.75) is 0 Å². The van der Waals surface area contributed by atoms with Crippen molar-refractivity contribution in [3.05, 3.63) is 61.1 Å². The van der Waals surface area contributed by atoms with Gasteiger partial charge in [0, 0.05) is 29.8 Å². The third-order valence-electron chi connectivity index (χ3n) is 2.45. The first-order chi connectivity index (χ1) is 7.43. The quantitative estimate of drug-likeness (QED) is 0.557. The van der Waals surface area contributed by atoms with Crippen LogP contribution in [0.3, 0.4) is 0 Å². The molecular formula is C13H10BrNO. The SMILES string of the molecule is [Br-].c1coc(-c2cc[n+]3ccccc3c2)c1. The molecular weight excluding hydrogens is 266 g/mol. The van der Waals surface area contributed by atoms with Crippen LogP contribution in [-0.2, 0) is 0 Å². The van der Waals surface area contributed by atoms with Gasteiger partial charge in [-0.25, -0.2) is 0 Å². The molecule has 80 valence electrons. The van der Waals surface area contributed by atoms with Crippen LogP contribution < -0.4 is 21.4 Å². The molecule has 0 N–H and O–H groups in total. The summed E-state index contributed by atoms with van der Waals surface area (Å²) in [5, 5.41) is 0. The number of pyridine rings is 2. The number of aromatic nitrogens is 1. The molecule has 0 radical (unpaired) electrons. The molecule has 2 nitrogen and oxygen atoms in total. The molecule has 16 heavy (non-hydrogen) atoms. The molecule has 3 rings (SSSR count). The molecule has 0 aromatic carbocycles. The third kappa shape index (κ3) is 1.86. The van der Waals surface area contributed by atoms with Crippen LogP contribution >= 0.6 is 0 Å². The van der Waals surface area contributed by atoms with E-state index in [0.29, 0.717) is 0 Å². The molecule has 0 atom stereocenters. The summed E-state index contributed by atoms with van der Waals surface area (Å²) >= 11 is 0. The molecule has 0 spiro atoms. The van der Waals surface area contributed by atoms with Crippen LogP contribution in [0.1, 0.15) is 0 Å². The second kappa shape index (κ2) is 4.49. The third-order valence-corrected chi connectivity index (χ3v) is 2.45. The largest absolute Gasteiger partial charge is 1.00 e. The highest BCUT2D eigenvalue weighted by Gasteiger charge is 2.05. The molecule has 3 aromatic rings. The normalized spacial score (nSPS) is 10.0. The van der Waals surface area contributed by atoms with Gasteiger partial charge in [0.25, 0.3) is 0 Å². The smallest absolute Gasteiger partial charge is 0.211 e. The highest BCUT2D eigenvalue weighted by atomic mass is 79.9. The minimum absolute atomic E-state index is 0. The summed E-state index contributed by atoms with van der Waals surface area (Å²) < 4.78 is 7.44. The van der Waals surface area contributed by atoms with E-state index in [1.165, 1.54) is 0 Å². The zero-order chi connectivity index (χ0) is 10.1. The Labute approximate surface area is 104 Å². The molecule has 0 saturated heterocycles. The fraction of sp³-hybridized carbons (Fsp3) is 0. The monoisotopic (exact) mass is 275 g/mol. The summed E-state index contributed by atoms with van der Waals surface area (Å²) in [5.74, 6) is 0.904. The predicted octanol–water partition coefficient (Wildman–Crippen LogP) is -0.311. The molecule has 0 amide bonds. The highest BCUT2D eigenvalue weighted by molar-refractivity contribution is 5.61. The summed E-state index contributed by atoms with van der Waals surface area (Å²) in [6.45, 7) is 0. The minimum Gasteiger partial charge on any atom is -1.00 e. The van der Waals surface area contributed by atoms with E-state index in [1.807, 2.05) is 42.7 Å². The molecule has 0 fully saturated rings. The van der Waals surface area contributed by atoms with Gasteiger partial charge in [0.05, 0.1) is 6.26 Å². The van der Waals surface area contributed by atoms with E-state index in [1.54, 1.807) is 6.26 Å². The average molecular weight is 276 g/mol. The average Bonchev–Trinajstić information content (AvgIpc) is 2.82. The first-order valence-electron chi connectivity index (χ1n) is 4.87. The summed E-state index contributed by atoms with van der Waals surface area (Å²) in [6, 6.07) is 14.1. The van der Waals surface area contributed by atoms with Gasteiger partial charge in [-0.15, -0.1) is 0 Å². The molecule has 3 heteroatoms. The second-order valence-electron chi connectivity index (χ2n) is 3.43. The lowest BCUT2D eigenvalue weighted by molar-refractivity contribution is -0.511. The van der Waals surface area contributed by atoms with Crippen molar-refractivity contribution in [1.82, 2.24) is 0 Å². The number of nitrogens with zero attached hydrogens (tertiary/aromatic N) is 1. The molecule has 3 heterocycles. The second-order valence-corrected chi connectivity index (χ2v) is 3.43. The molecule has 0 saturated carbocycles. The van der Waals surface area contributed by atoms with Gasteiger partial charge in [-0.05, 0) is 18.2 Å². The van der Waals surface area contributed by atoms with Gasteiger partial charge < -0.3 is 21.4 Å². The summed E-state index contributed by atoms with van der Waals surface area (Å²) in [4.78, 5) is 0. The van der Waals surface area contributed by atoms with Gasteiger partial charge in [-0.1, -0.05) is 0 Å². The van der Waals surface area contributed by atoms with Crippen molar-refractivity contribution in [2.24, 2.45) is 0 Å².